The molecule has 2 aromatic carbocycles. The second-order valence-electron chi connectivity index (χ2n) is 5.97. The lowest BCUT2D eigenvalue weighted by atomic mass is 9.78. The molecule has 0 spiro atoms. The SMILES string of the molecule is CCOC(=O)[C@](F)(C(=O)c1ccccc1)[C@@H](C[N+](=O)[O-])c1ccc(OC)cc1. The van der Waals surface area contributed by atoms with Gasteiger partial charge < -0.3 is 9.47 Å². The molecular formula is C20H20FNO6. The molecule has 7 nitrogen and oxygen atoms in total. The van der Waals surface area contributed by atoms with E-state index in [0.717, 1.165) is 0 Å². The van der Waals surface area contributed by atoms with Crippen LogP contribution >= 0.6 is 0 Å². The minimum absolute atomic E-state index is 0.0834. The van der Waals surface area contributed by atoms with E-state index in [4.69, 9.17) is 9.47 Å². The van der Waals surface area contributed by atoms with Crippen molar-refractivity contribution in [2.75, 3.05) is 20.3 Å². The van der Waals surface area contributed by atoms with Crippen LogP contribution in [0.25, 0.3) is 0 Å². The van der Waals surface area contributed by atoms with E-state index >= 15 is 4.39 Å². The van der Waals surface area contributed by atoms with E-state index in [1.807, 2.05) is 0 Å². The molecule has 0 bridgehead atoms. The van der Waals surface area contributed by atoms with Crippen LogP contribution in [-0.2, 0) is 9.53 Å². The van der Waals surface area contributed by atoms with Crippen molar-refractivity contribution < 1.29 is 28.4 Å². The van der Waals surface area contributed by atoms with Gasteiger partial charge in [-0.3, -0.25) is 14.9 Å². The number of ketones is 1. The molecule has 2 aromatic rings. The first-order chi connectivity index (χ1) is 13.3. The predicted octanol–water partition coefficient (Wildman–Crippen LogP) is 3.21. The summed E-state index contributed by atoms with van der Waals surface area (Å²) in [5, 5.41) is 11.2. The molecule has 0 heterocycles. The van der Waals surface area contributed by atoms with E-state index in [1.165, 1.54) is 62.6 Å². The van der Waals surface area contributed by atoms with E-state index in [2.05, 4.69) is 0 Å². The van der Waals surface area contributed by atoms with Gasteiger partial charge in [0, 0.05) is 10.5 Å². The molecule has 0 aliphatic carbocycles. The van der Waals surface area contributed by atoms with Crippen molar-refractivity contribution in [2.24, 2.45) is 0 Å². The fraction of sp³-hybridized carbons (Fsp3) is 0.300. The van der Waals surface area contributed by atoms with Gasteiger partial charge in [0.2, 0.25) is 12.3 Å². The Kier molecular flexibility index (Phi) is 6.81. The lowest BCUT2D eigenvalue weighted by molar-refractivity contribution is -0.485. The third kappa shape index (κ3) is 4.33. The molecule has 0 amide bonds. The number of methoxy groups -OCH3 is 1. The van der Waals surface area contributed by atoms with E-state index in [1.54, 1.807) is 6.07 Å². The number of nitro groups is 1. The van der Waals surface area contributed by atoms with Gasteiger partial charge in [0.25, 0.3) is 5.67 Å². The minimum atomic E-state index is -3.26. The monoisotopic (exact) mass is 389 g/mol. The zero-order chi connectivity index (χ0) is 20.7. The number of ether oxygens (including phenoxy) is 2. The Morgan fingerprint density at radius 2 is 1.75 bits per heavy atom. The number of benzene rings is 2. The molecule has 0 aliphatic rings. The van der Waals surface area contributed by atoms with Crippen LogP contribution in [0.1, 0.15) is 28.8 Å². The molecule has 0 saturated heterocycles. The van der Waals surface area contributed by atoms with Crippen LogP contribution in [-0.4, -0.2) is 42.6 Å². The van der Waals surface area contributed by atoms with Crippen LogP contribution < -0.4 is 4.74 Å². The van der Waals surface area contributed by atoms with Crippen molar-refractivity contribution in [2.45, 2.75) is 18.5 Å². The van der Waals surface area contributed by atoms with Crippen molar-refractivity contribution in [1.29, 1.82) is 0 Å². The van der Waals surface area contributed by atoms with E-state index in [0.29, 0.717) is 5.75 Å². The van der Waals surface area contributed by atoms with Gasteiger partial charge in [-0.15, -0.1) is 0 Å². The van der Waals surface area contributed by atoms with Gasteiger partial charge in [-0.1, -0.05) is 42.5 Å². The molecule has 2 atom stereocenters. The standard InChI is InChI=1S/C20H20FNO6/c1-3-28-19(24)20(21,18(23)15-7-5-4-6-8-15)17(13-22(25)26)14-9-11-16(27-2)12-10-14/h4-12,17H,3,13H2,1-2H3/t17-,20+/m0/s1. The van der Waals surface area contributed by atoms with Gasteiger partial charge in [-0.2, -0.15) is 0 Å². The summed E-state index contributed by atoms with van der Waals surface area (Å²) in [6, 6.07) is 13.0. The number of rotatable bonds is 9. The van der Waals surface area contributed by atoms with Crippen LogP contribution in [0.15, 0.2) is 54.6 Å². The van der Waals surface area contributed by atoms with Crippen LogP contribution in [0.5, 0.6) is 5.75 Å². The van der Waals surface area contributed by atoms with Crippen molar-refractivity contribution in [3.05, 3.63) is 75.8 Å². The fourth-order valence-electron chi connectivity index (χ4n) is 2.88. The quantitative estimate of drug-likeness (QED) is 0.215. The first kappa shape index (κ1) is 21.0. The summed E-state index contributed by atoms with van der Waals surface area (Å²) in [6.45, 7) is 0.307. The van der Waals surface area contributed by atoms with Gasteiger partial charge in [-0.25, -0.2) is 9.18 Å². The number of alkyl halides is 1. The number of Topliss-reactive ketones (excluding diaryl/α,β-unsaturated/α-hetero) is 1. The number of carbonyl (C=O) groups excluding carboxylic acids is 2. The lowest BCUT2D eigenvalue weighted by Crippen LogP contribution is -2.50. The Hall–Kier alpha value is -3.29. The second-order valence-corrected chi connectivity index (χ2v) is 5.97. The molecule has 0 saturated carbocycles. The Labute approximate surface area is 161 Å². The maximum absolute atomic E-state index is 16.2. The summed E-state index contributed by atoms with van der Waals surface area (Å²) in [4.78, 5) is 36.0. The van der Waals surface area contributed by atoms with E-state index in [9.17, 15) is 19.7 Å². The van der Waals surface area contributed by atoms with Crippen LogP contribution in [0.2, 0.25) is 0 Å². The molecule has 0 unspecified atom stereocenters. The third-order valence-electron chi connectivity index (χ3n) is 4.27. The highest BCUT2D eigenvalue weighted by molar-refractivity contribution is 6.16. The van der Waals surface area contributed by atoms with E-state index in [-0.39, 0.29) is 17.7 Å². The molecule has 0 fully saturated rings. The van der Waals surface area contributed by atoms with Crippen LogP contribution in [0.3, 0.4) is 0 Å². The summed E-state index contributed by atoms with van der Waals surface area (Å²) in [5.74, 6) is -3.88. The van der Waals surface area contributed by atoms with Gasteiger partial charge in [0.1, 0.15) is 11.7 Å². The summed E-state index contributed by atoms with van der Waals surface area (Å²) in [6.07, 6.45) is 0. The van der Waals surface area contributed by atoms with Crippen molar-refractivity contribution >= 4 is 11.8 Å². The van der Waals surface area contributed by atoms with Gasteiger partial charge in [0.15, 0.2) is 0 Å². The predicted molar refractivity (Wildman–Crippen MR) is 98.8 cm³/mol. The summed E-state index contributed by atoms with van der Waals surface area (Å²) < 4.78 is 26.0. The highest BCUT2D eigenvalue weighted by Gasteiger charge is 2.57. The van der Waals surface area contributed by atoms with Crippen molar-refractivity contribution in [3.8, 4) is 5.75 Å². The average Bonchev–Trinajstić information content (AvgIpc) is 2.71. The maximum Gasteiger partial charge on any atom is 0.353 e. The minimum Gasteiger partial charge on any atom is -0.497 e. The molecule has 8 heteroatoms. The smallest absolute Gasteiger partial charge is 0.353 e. The zero-order valence-corrected chi connectivity index (χ0v) is 15.5. The van der Waals surface area contributed by atoms with Gasteiger partial charge in [-0.05, 0) is 24.6 Å². The molecule has 0 aromatic heterocycles. The summed E-state index contributed by atoms with van der Waals surface area (Å²) in [7, 11) is 1.43. The molecule has 28 heavy (non-hydrogen) atoms. The molecule has 2 rings (SSSR count). The Bertz CT molecular complexity index is 840. The third-order valence-corrected chi connectivity index (χ3v) is 4.27. The molecule has 148 valence electrons. The van der Waals surface area contributed by atoms with E-state index < -0.39 is 34.8 Å². The number of halogens is 1. The van der Waals surface area contributed by atoms with Crippen LogP contribution in [0, 0.1) is 10.1 Å². The maximum atomic E-state index is 16.2. The number of hydrogen-bond acceptors (Lipinski definition) is 6. The summed E-state index contributed by atoms with van der Waals surface area (Å²) >= 11 is 0. The van der Waals surface area contributed by atoms with Gasteiger partial charge in [0.05, 0.1) is 13.7 Å². The number of hydrogen-bond donors (Lipinski definition) is 0. The number of nitrogens with zero attached hydrogens (tertiary/aromatic N) is 1. The molecule has 0 N–H and O–H groups in total. The zero-order valence-electron chi connectivity index (χ0n) is 15.5. The highest BCUT2D eigenvalue weighted by Crippen LogP contribution is 2.37. The lowest BCUT2D eigenvalue weighted by Gasteiger charge is -2.28. The normalized spacial score (nSPS) is 13.8. The molecule has 0 aliphatic heterocycles. The first-order valence-corrected chi connectivity index (χ1v) is 8.56. The topological polar surface area (TPSA) is 95.7 Å². The summed E-state index contributed by atoms with van der Waals surface area (Å²) in [5.41, 5.74) is -3.24. The Morgan fingerprint density at radius 3 is 2.25 bits per heavy atom. The first-order valence-electron chi connectivity index (χ1n) is 8.56. The number of carbonyl (C=O) groups is 2. The van der Waals surface area contributed by atoms with Crippen LogP contribution in [0.4, 0.5) is 4.39 Å². The largest absolute Gasteiger partial charge is 0.497 e. The Balaban J connectivity index is 2.61. The highest BCUT2D eigenvalue weighted by atomic mass is 19.1. The average molecular weight is 389 g/mol. The fourth-order valence-corrected chi connectivity index (χ4v) is 2.88. The second kappa shape index (κ2) is 9.07. The van der Waals surface area contributed by atoms with Crippen molar-refractivity contribution in [1.82, 2.24) is 0 Å². The number of esters is 1. The van der Waals surface area contributed by atoms with Crippen molar-refractivity contribution in [3.63, 3.8) is 0 Å². The van der Waals surface area contributed by atoms with Gasteiger partial charge >= 0.3 is 5.97 Å². The molecular weight excluding hydrogens is 369 g/mol. The Morgan fingerprint density at radius 1 is 1.14 bits per heavy atom. The molecule has 0 radical (unpaired) electrons.